The van der Waals surface area contributed by atoms with Crippen LogP contribution in [0.1, 0.15) is 27.9 Å². The summed E-state index contributed by atoms with van der Waals surface area (Å²) in [5, 5.41) is 0. The monoisotopic (exact) mass is 368 g/mol. The highest BCUT2D eigenvalue weighted by Gasteiger charge is 2.17. The van der Waals surface area contributed by atoms with Crippen molar-refractivity contribution in [1.82, 2.24) is 9.29 Å². The molecule has 0 amide bonds. The number of sulfonamides is 1. The van der Waals surface area contributed by atoms with Crippen molar-refractivity contribution in [2.24, 2.45) is 0 Å². The van der Waals surface area contributed by atoms with Crippen molar-refractivity contribution in [3.8, 4) is 0 Å². The van der Waals surface area contributed by atoms with E-state index in [1.165, 1.54) is 11.1 Å². The molecule has 1 heterocycles. The lowest BCUT2D eigenvalue weighted by Crippen LogP contribution is -2.25. The van der Waals surface area contributed by atoms with Crippen molar-refractivity contribution in [3.63, 3.8) is 0 Å². The average Bonchev–Trinajstić information content (AvgIpc) is 3.02. The summed E-state index contributed by atoms with van der Waals surface area (Å²) in [6, 6.07) is 17.5. The Hall–Kier alpha value is -2.37. The Kier molecular flexibility index (Phi) is 5.30. The lowest BCUT2D eigenvalue weighted by atomic mass is 10.1. The average molecular weight is 369 g/mol. The third-order valence-corrected chi connectivity index (χ3v) is 6.15. The normalized spacial score (nSPS) is 11.7. The fraction of sp³-hybridized carbons (Fsp3) is 0.238. The minimum Gasteiger partial charge on any atom is -0.346 e. The molecule has 0 saturated heterocycles. The van der Waals surface area contributed by atoms with Crippen molar-refractivity contribution < 1.29 is 8.42 Å². The van der Waals surface area contributed by atoms with E-state index in [9.17, 15) is 8.42 Å². The molecule has 0 atom stereocenters. The molecule has 0 bridgehead atoms. The van der Waals surface area contributed by atoms with Gasteiger partial charge in [0.05, 0.1) is 11.4 Å². The Morgan fingerprint density at radius 2 is 1.69 bits per heavy atom. The minimum absolute atomic E-state index is 0.258. The third kappa shape index (κ3) is 4.06. The first-order chi connectivity index (χ1) is 12.4. The van der Waals surface area contributed by atoms with E-state index in [1.54, 1.807) is 6.07 Å². The molecule has 5 heteroatoms. The van der Waals surface area contributed by atoms with Crippen LogP contribution in [-0.2, 0) is 23.1 Å². The Morgan fingerprint density at radius 3 is 2.42 bits per heavy atom. The maximum atomic E-state index is 12.7. The van der Waals surface area contributed by atoms with E-state index < -0.39 is 10.0 Å². The Labute approximate surface area is 155 Å². The highest BCUT2D eigenvalue weighted by Crippen LogP contribution is 2.17. The highest BCUT2D eigenvalue weighted by molar-refractivity contribution is 7.89. The second-order valence-electron chi connectivity index (χ2n) is 6.65. The molecule has 0 radical (unpaired) electrons. The first-order valence-corrected chi connectivity index (χ1v) is 10.1. The molecular weight excluding hydrogens is 344 g/mol. The summed E-state index contributed by atoms with van der Waals surface area (Å²) in [7, 11) is -3.54. The van der Waals surface area contributed by atoms with Crippen LogP contribution in [-0.4, -0.2) is 13.0 Å². The zero-order chi connectivity index (χ0) is 18.7. The predicted octanol–water partition coefficient (Wildman–Crippen LogP) is 3.94. The first-order valence-electron chi connectivity index (χ1n) is 8.62. The van der Waals surface area contributed by atoms with Crippen molar-refractivity contribution >= 4 is 10.0 Å². The van der Waals surface area contributed by atoms with Gasteiger partial charge in [0.25, 0.3) is 0 Å². The quantitative estimate of drug-likeness (QED) is 0.716. The molecule has 3 aromatic rings. The van der Waals surface area contributed by atoms with Gasteiger partial charge >= 0.3 is 0 Å². The van der Waals surface area contributed by atoms with Crippen molar-refractivity contribution in [2.45, 2.75) is 38.8 Å². The molecule has 1 N–H and O–H groups in total. The minimum atomic E-state index is -3.54. The lowest BCUT2D eigenvalue weighted by Gasteiger charge is -2.13. The molecule has 0 aliphatic heterocycles. The van der Waals surface area contributed by atoms with Gasteiger partial charge in [-0.25, -0.2) is 13.1 Å². The number of hydrogen-bond acceptors (Lipinski definition) is 2. The number of nitrogens with zero attached hydrogens (tertiary/aromatic N) is 1. The lowest BCUT2D eigenvalue weighted by molar-refractivity contribution is 0.577. The van der Waals surface area contributed by atoms with E-state index >= 15 is 0 Å². The number of rotatable bonds is 6. The summed E-state index contributed by atoms with van der Waals surface area (Å²) in [6.07, 6.45) is 1.98. The van der Waals surface area contributed by atoms with E-state index in [1.807, 2.05) is 56.4 Å². The molecule has 0 spiro atoms. The second kappa shape index (κ2) is 7.48. The topological polar surface area (TPSA) is 51.1 Å². The largest absolute Gasteiger partial charge is 0.346 e. The van der Waals surface area contributed by atoms with Crippen LogP contribution in [0, 0.1) is 20.8 Å². The highest BCUT2D eigenvalue weighted by atomic mass is 32.2. The number of hydrogen-bond donors (Lipinski definition) is 1. The first kappa shape index (κ1) is 18.4. The molecule has 2 aromatic carbocycles. The number of nitrogens with one attached hydrogen (secondary N) is 1. The maximum absolute atomic E-state index is 12.7. The van der Waals surface area contributed by atoms with Gasteiger partial charge in [-0.1, -0.05) is 42.0 Å². The standard InChI is InChI=1S/C21H24N2O2S/c1-16-10-11-21(18(3)13-16)26(24,25)22-14-20-9-6-12-23(20)15-19-8-5-4-7-17(19)2/h4-13,22H,14-15H2,1-3H3. The molecule has 0 saturated carbocycles. The SMILES string of the molecule is Cc1ccc(S(=O)(=O)NCc2cccn2Cc2ccccc2C)c(C)c1. The van der Waals surface area contributed by atoms with E-state index in [-0.39, 0.29) is 6.54 Å². The summed E-state index contributed by atoms with van der Waals surface area (Å²) in [5.74, 6) is 0. The van der Waals surface area contributed by atoms with E-state index in [4.69, 9.17) is 0 Å². The van der Waals surface area contributed by atoms with Gasteiger partial charge in [0.15, 0.2) is 0 Å². The van der Waals surface area contributed by atoms with Gasteiger partial charge in [-0.05, 0) is 55.7 Å². The Morgan fingerprint density at radius 1 is 0.923 bits per heavy atom. The number of benzene rings is 2. The molecule has 0 aliphatic rings. The van der Waals surface area contributed by atoms with Crippen LogP contribution >= 0.6 is 0 Å². The molecule has 26 heavy (non-hydrogen) atoms. The van der Waals surface area contributed by atoms with Crippen LogP contribution in [0.5, 0.6) is 0 Å². The fourth-order valence-corrected chi connectivity index (χ4v) is 4.31. The summed E-state index contributed by atoms with van der Waals surface area (Å²) in [6.45, 7) is 6.84. The van der Waals surface area contributed by atoms with Gasteiger partial charge in [0.1, 0.15) is 0 Å². The van der Waals surface area contributed by atoms with Crippen LogP contribution in [0.15, 0.2) is 65.7 Å². The molecule has 0 fully saturated rings. The molecule has 4 nitrogen and oxygen atoms in total. The fourth-order valence-electron chi connectivity index (χ4n) is 3.08. The molecule has 0 aliphatic carbocycles. The van der Waals surface area contributed by atoms with Crippen LogP contribution in [0.4, 0.5) is 0 Å². The zero-order valence-electron chi connectivity index (χ0n) is 15.4. The Bertz CT molecular complexity index is 1020. The van der Waals surface area contributed by atoms with Crippen molar-refractivity contribution in [1.29, 1.82) is 0 Å². The molecular formula is C21H24N2O2S. The van der Waals surface area contributed by atoms with Gasteiger partial charge in [-0.2, -0.15) is 0 Å². The smallest absolute Gasteiger partial charge is 0.241 e. The number of aromatic nitrogens is 1. The van der Waals surface area contributed by atoms with E-state index in [0.717, 1.165) is 23.4 Å². The van der Waals surface area contributed by atoms with Crippen LogP contribution in [0.2, 0.25) is 0 Å². The van der Waals surface area contributed by atoms with E-state index in [0.29, 0.717) is 4.90 Å². The van der Waals surface area contributed by atoms with Gasteiger partial charge < -0.3 is 4.57 Å². The second-order valence-corrected chi connectivity index (χ2v) is 8.38. The predicted molar refractivity (Wildman–Crippen MR) is 105 cm³/mol. The zero-order valence-corrected chi connectivity index (χ0v) is 16.2. The van der Waals surface area contributed by atoms with E-state index in [2.05, 4.69) is 28.3 Å². The van der Waals surface area contributed by atoms with Gasteiger partial charge in [0, 0.05) is 18.4 Å². The van der Waals surface area contributed by atoms with Crippen LogP contribution < -0.4 is 4.72 Å². The van der Waals surface area contributed by atoms with Gasteiger partial charge in [-0.15, -0.1) is 0 Å². The summed E-state index contributed by atoms with van der Waals surface area (Å²) in [4.78, 5) is 0.333. The molecule has 136 valence electrons. The van der Waals surface area contributed by atoms with Crippen LogP contribution in [0.25, 0.3) is 0 Å². The molecule has 3 rings (SSSR count). The van der Waals surface area contributed by atoms with Crippen LogP contribution in [0.3, 0.4) is 0 Å². The molecule has 1 aromatic heterocycles. The van der Waals surface area contributed by atoms with Gasteiger partial charge in [0.2, 0.25) is 10.0 Å². The molecule has 0 unspecified atom stereocenters. The summed E-state index contributed by atoms with van der Waals surface area (Å²) in [5.41, 5.74) is 5.19. The summed E-state index contributed by atoms with van der Waals surface area (Å²) >= 11 is 0. The Balaban J connectivity index is 1.76. The van der Waals surface area contributed by atoms with Crippen molar-refractivity contribution in [3.05, 3.63) is 88.7 Å². The third-order valence-electron chi connectivity index (χ3n) is 4.59. The number of aryl methyl sites for hydroxylation is 3. The van der Waals surface area contributed by atoms with Gasteiger partial charge in [-0.3, -0.25) is 0 Å². The summed E-state index contributed by atoms with van der Waals surface area (Å²) < 4.78 is 30.1. The maximum Gasteiger partial charge on any atom is 0.241 e. The van der Waals surface area contributed by atoms with Crippen molar-refractivity contribution in [2.75, 3.05) is 0 Å².